The molecule has 2 unspecified atom stereocenters. The second-order valence-electron chi connectivity index (χ2n) is 8.44. The van der Waals surface area contributed by atoms with Crippen molar-refractivity contribution in [1.29, 1.82) is 0 Å². The molecule has 3 rings (SSSR count). The van der Waals surface area contributed by atoms with Crippen LogP contribution >= 0.6 is 0 Å². The average molecular weight is 459 g/mol. The molecule has 8 heteroatoms. The van der Waals surface area contributed by atoms with Crippen LogP contribution in [-0.4, -0.2) is 43.9 Å². The van der Waals surface area contributed by atoms with Gasteiger partial charge in [0.2, 0.25) is 0 Å². The van der Waals surface area contributed by atoms with E-state index >= 15 is 0 Å². The Bertz CT molecular complexity index is 1090. The molecular formula is C24H30N2O5S. The molecular weight excluding hydrogens is 428 g/mol. The molecule has 2 aromatic rings. The van der Waals surface area contributed by atoms with Crippen molar-refractivity contribution in [2.24, 2.45) is 0 Å². The van der Waals surface area contributed by atoms with Gasteiger partial charge in [0.25, 0.3) is 15.9 Å². The summed E-state index contributed by atoms with van der Waals surface area (Å²) in [7, 11) is -3.80. The fourth-order valence-corrected chi connectivity index (χ4v) is 5.04. The van der Waals surface area contributed by atoms with Crippen LogP contribution in [-0.2, 0) is 19.6 Å². The molecule has 1 N–H and O–H groups in total. The summed E-state index contributed by atoms with van der Waals surface area (Å²) in [6.45, 7) is 7.53. The van der Waals surface area contributed by atoms with Crippen LogP contribution in [0, 0.1) is 13.8 Å². The predicted molar refractivity (Wildman–Crippen MR) is 123 cm³/mol. The third-order valence-electron chi connectivity index (χ3n) is 5.97. The Kier molecular flexibility index (Phi) is 7.23. The average Bonchev–Trinajstić information content (AvgIpc) is 2.74. The van der Waals surface area contributed by atoms with E-state index in [2.05, 4.69) is 4.72 Å². The summed E-state index contributed by atoms with van der Waals surface area (Å²) < 4.78 is 33.0. The highest BCUT2D eigenvalue weighted by molar-refractivity contribution is 7.92. The van der Waals surface area contributed by atoms with Gasteiger partial charge in [-0.25, -0.2) is 13.2 Å². The summed E-state index contributed by atoms with van der Waals surface area (Å²) in [5.74, 6) is -0.878. The minimum Gasteiger partial charge on any atom is -0.452 e. The number of nitrogens with zero attached hydrogens (tertiary/aromatic N) is 1. The first-order valence-corrected chi connectivity index (χ1v) is 12.2. The third kappa shape index (κ3) is 5.48. The number of benzene rings is 2. The van der Waals surface area contributed by atoms with Crippen LogP contribution in [0.4, 0.5) is 5.69 Å². The smallest absolute Gasteiger partial charge is 0.338 e. The molecule has 1 saturated heterocycles. The van der Waals surface area contributed by atoms with Gasteiger partial charge < -0.3 is 9.64 Å². The Morgan fingerprint density at radius 2 is 1.62 bits per heavy atom. The quantitative estimate of drug-likeness (QED) is 0.659. The van der Waals surface area contributed by atoms with Gasteiger partial charge >= 0.3 is 5.97 Å². The highest BCUT2D eigenvalue weighted by atomic mass is 32.2. The largest absolute Gasteiger partial charge is 0.452 e. The summed E-state index contributed by atoms with van der Waals surface area (Å²) in [6.07, 6.45) is 2.96. The van der Waals surface area contributed by atoms with Gasteiger partial charge in [0.15, 0.2) is 6.61 Å². The minimum absolute atomic E-state index is 0.0271. The Morgan fingerprint density at radius 1 is 1.00 bits per heavy atom. The zero-order valence-corrected chi connectivity index (χ0v) is 19.7. The number of nitrogens with one attached hydrogen (secondary N) is 1. The summed E-state index contributed by atoms with van der Waals surface area (Å²) in [6, 6.07) is 11.0. The summed E-state index contributed by atoms with van der Waals surface area (Å²) in [5.41, 5.74) is 2.70. The summed E-state index contributed by atoms with van der Waals surface area (Å²) in [4.78, 5) is 26.7. The molecule has 7 nitrogen and oxygen atoms in total. The van der Waals surface area contributed by atoms with E-state index in [0.717, 1.165) is 30.4 Å². The molecule has 0 radical (unpaired) electrons. The van der Waals surface area contributed by atoms with Crippen LogP contribution in [0.1, 0.15) is 54.6 Å². The molecule has 32 heavy (non-hydrogen) atoms. The van der Waals surface area contributed by atoms with Gasteiger partial charge in [-0.1, -0.05) is 6.07 Å². The standard InChI is InChI=1S/C24H30N2O5S/c1-16-8-11-21(14-17(16)2)25-32(29,30)22-12-9-20(10-13-22)24(28)31-15-23(27)26-18(3)6-5-7-19(26)4/h8-14,18-19,25H,5-7,15H2,1-4H3. The molecule has 0 bridgehead atoms. The zero-order valence-electron chi connectivity index (χ0n) is 18.9. The lowest BCUT2D eigenvalue weighted by atomic mass is 9.97. The number of hydrogen-bond acceptors (Lipinski definition) is 5. The third-order valence-corrected chi connectivity index (χ3v) is 7.36. The Morgan fingerprint density at radius 3 is 2.22 bits per heavy atom. The second-order valence-corrected chi connectivity index (χ2v) is 10.1. The summed E-state index contributed by atoms with van der Waals surface area (Å²) >= 11 is 0. The highest BCUT2D eigenvalue weighted by Gasteiger charge is 2.29. The monoisotopic (exact) mass is 458 g/mol. The number of piperidine rings is 1. The second kappa shape index (κ2) is 9.73. The molecule has 0 saturated carbocycles. The van der Waals surface area contributed by atoms with E-state index in [-0.39, 0.29) is 35.1 Å². The van der Waals surface area contributed by atoms with Crippen LogP contribution in [0.25, 0.3) is 0 Å². The number of anilines is 1. The van der Waals surface area contributed by atoms with Crippen molar-refractivity contribution in [3.8, 4) is 0 Å². The van der Waals surface area contributed by atoms with Crippen LogP contribution in [0.15, 0.2) is 47.4 Å². The molecule has 0 aromatic heterocycles. The molecule has 1 aliphatic heterocycles. The van der Waals surface area contributed by atoms with Gasteiger partial charge in [0.05, 0.1) is 10.5 Å². The number of esters is 1. The number of likely N-dealkylation sites (tertiary alicyclic amines) is 1. The highest BCUT2D eigenvalue weighted by Crippen LogP contribution is 2.23. The normalized spacial score (nSPS) is 18.8. The van der Waals surface area contributed by atoms with E-state index in [1.54, 1.807) is 17.0 Å². The summed E-state index contributed by atoms with van der Waals surface area (Å²) in [5, 5.41) is 0. The fraction of sp³-hybridized carbons (Fsp3) is 0.417. The van der Waals surface area contributed by atoms with E-state index < -0.39 is 16.0 Å². The van der Waals surface area contributed by atoms with Crippen LogP contribution in [0.2, 0.25) is 0 Å². The van der Waals surface area contributed by atoms with Crippen molar-refractivity contribution in [3.63, 3.8) is 0 Å². The van der Waals surface area contributed by atoms with Crippen molar-refractivity contribution in [3.05, 3.63) is 59.2 Å². The molecule has 2 aromatic carbocycles. The first kappa shape index (κ1) is 23.8. The van der Waals surface area contributed by atoms with Crippen molar-refractivity contribution in [2.75, 3.05) is 11.3 Å². The van der Waals surface area contributed by atoms with E-state index in [9.17, 15) is 18.0 Å². The van der Waals surface area contributed by atoms with E-state index in [0.29, 0.717) is 5.69 Å². The van der Waals surface area contributed by atoms with Gasteiger partial charge in [-0.3, -0.25) is 9.52 Å². The Balaban J connectivity index is 1.62. The predicted octanol–water partition coefficient (Wildman–Crippen LogP) is 4.05. The SMILES string of the molecule is Cc1ccc(NS(=O)(=O)c2ccc(C(=O)OCC(=O)N3C(C)CCCC3C)cc2)cc1C. The lowest BCUT2D eigenvalue weighted by Crippen LogP contribution is -2.49. The number of aryl methyl sites for hydroxylation is 2. The Labute approximate surface area is 189 Å². The number of carbonyl (C=O) groups excluding carboxylic acids is 2. The van der Waals surface area contributed by atoms with Crippen LogP contribution in [0.5, 0.6) is 0 Å². The van der Waals surface area contributed by atoms with Crippen LogP contribution < -0.4 is 4.72 Å². The first-order chi connectivity index (χ1) is 15.1. The van der Waals surface area contributed by atoms with E-state index in [1.165, 1.54) is 24.3 Å². The molecule has 1 fully saturated rings. The number of ether oxygens (including phenoxy) is 1. The maximum atomic E-state index is 12.7. The van der Waals surface area contributed by atoms with Gasteiger partial charge in [0, 0.05) is 17.8 Å². The Hall–Kier alpha value is -2.87. The number of rotatable bonds is 6. The number of sulfonamides is 1. The number of hydrogen-bond donors (Lipinski definition) is 1. The topological polar surface area (TPSA) is 92.8 Å². The van der Waals surface area contributed by atoms with Crippen molar-refractivity contribution >= 4 is 27.6 Å². The van der Waals surface area contributed by atoms with Gasteiger partial charge in [0.1, 0.15) is 0 Å². The van der Waals surface area contributed by atoms with E-state index in [1.807, 2.05) is 33.8 Å². The van der Waals surface area contributed by atoms with Crippen molar-refractivity contribution < 1.29 is 22.7 Å². The molecule has 172 valence electrons. The molecule has 0 aliphatic carbocycles. The minimum atomic E-state index is -3.80. The number of carbonyl (C=O) groups is 2. The van der Waals surface area contributed by atoms with Crippen molar-refractivity contribution in [2.45, 2.75) is 63.9 Å². The lowest BCUT2D eigenvalue weighted by Gasteiger charge is -2.38. The van der Waals surface area contributed by atoms with E-state index in [4.69, 9.17) is 4.74 Å². The van der Waals surface area contributed by atoms with Gasteiger partial charge in [-0.05, 0) is 94.5 Å². The maximum absolute atomic E-state index is 12.7. The molecule has 1 aliphatic rings. The first-order valence-electron chi connectivity index (χ1n) is 10.8. The lowest BCUT2D eigenvalue weighted by molar-refractivity contribution is -0.140. The zero-order chi connectivity index (χ0) is 23.5. The molecule has 1 heterocycles. The fourth-order valence-electron chi connectivity index (χ4n) is 3.99. The molecule has 1 amide bonds. The van der Waals surface area contributed by atoms with Gasteiger partial charge in [-0.2, -0.15) is 0 Å². The molecule has 0 spiro atoms. The maximum Gasteiger partial charge on any atom is 0.338 e. The number of amides is 1. The van der Waals surface area contributed by atoms with Crippen molar-refractivity contribution in [1.82, 2.24) is 4.90 Å². The van der Waals surface area contributed by atoms with Crippen LogP contribution in [0.3, 0.4) is 0 Å². The molecule has 2 atom stereocenters. The van der Waals surface area contributed by atoms with Gasteiger partial charge in [-0.15, -0.1) is 0 Å².